The third-order valence-corrected chi connectivity index (χ3v) is 4.40. The Morgan fingerprint density at radius 1 is 1.00 bits per heavy atom. The van der Waals surface area contributed by atoms with Gasteiger partial charge in [0, 0.05) is 0 Å². The first kappa shape index (κ1) is 19.0. The van der Waals surface area contributed by atoms with Crippen molar-refractivity contribution < 1.29 is 9.53 Å². The van der Waals surface area contributed by atoms with Crippen LogP contribution in [0.1, 0.15) is 57.4 Å². The van der Waals surface area contributed by atoms with Crippen molar-refractivity contribution in [1.82, 2.24) is 5.32 Å². The summed E-state index contributed by atoms with van der Waals surface area (Å²) in [4.78, 5) is 12.4. The van der Waals surface area contributed by atoms with E-state index in [2.05, 4.69) is 50.4 Å². The molecule has 25 heavy (non-hydrogen) atoms. The van der Waals surface area contributed by atoms with Gasteiger partial charge in [0.05, 0.1) is 6.04 Å². The zero-order chi connectivity index (χ0) is 18.6. The Morgan fingerprint density at radius 2 is 1.60 bits per heavy atom. The van der Waals surface area contributed by atoms with E-state index >= 15 is 0 Å². The van der Waals surface area contributed by atoms with Gasteiger partial charge in [0.1, 0.15) is 5.75 Å². The van der Waals surface area contributed by atoms with E-state index in [1.54, 1.807) is 6.92 Å². The van der Waals surface area contributed by atoms with Crippen molar-refractivity contribution in [3.8, 4) is 5.75 Å². The molecule has 0 heterocycles. The van der Waals surface area contributed by atoms with Gasteiger partial charge in [-0.1, -0.05) is 63.2 Å². The van der Waals surface area contributed by atoms with Crippen molar-refractivity contribution >= 4 is 5.91 Å². The number of benzene rings is 2. The monoisotopic (exact) mass is 339 g/mol. The quantitative estimate of drug-likeness (QED) is 0.838. The molecule has 3 heteroatoms. The predicted octanol–water partition coefficient (Wildman–Crippen LogP) is 4.94. The van der Waals surface area contributed by atoms with E-state index in [9.17, 15) is 4.79 Å². The van der Waals surface area contributed by atoms with E-state index in [-0.39, 0.29) is 17.4 Å². The number of carbonyl (C=O) groups excluding carboxylic acids is 1. The summed E-state index contributed by atoms with van der Waals surface area (Å²) >= 11 is 0. The topological polar surface area (TPSA) is 38.3 Å². The molecule has 0 aliphatic rings. The van der Waals surface area contributed by atoms with Gasteiger partial charge in [-0.25, -0.2) is 0 Å². The van der Waals surface area contributed by atoms with Gasteiger partial charge in [-0.3, -0.25) is 4.79 Å². The molecule has 134 valence electrons. The molecule has 0 fully saturated rings. The molecule has 0 saturated carbocycles. The number of para-hydroxylation sites is 1. The third-order valence-electron chi connectivity index (χ3n) is 4.40. The average Bonchev–Trinajstić information content (AvgIpc) is 2.56. The number of amides is 1. The fourth-order valence-electron chi connectivity index (χ4n) is 2.62. The van der Waals surface area contributed by atoms with Crippen LogP contribution in [0.2, 0.25) is 0 Å². The Morgan fingerprint density at radius 3 is 2.16 bits per heavy atom. The molecule has 0 saturated heterocycles. The molecule has 1 amide bonds. The summed E-state index contributed by atoms with van der Waals surface area (Å²) in [6, 6.07) is 16.1. The van der Waals surface area contributed by atoms with Crippen molar-refractivity contribution in [3.63, 3.8) is 0 Å². The lowest BCUT2D eigenvalue weighted by Crippen LogP contribution is -2.37. The summed E-state index contributed by atoms with van der Waals surface area (Å²) in [7, 11) is 0. The van der Waals surface area contributed by atoms with Gasteiger partial charge in [-0.15, -0.1) is 0 Å². The van der Waals surface area contributed by atoms with Gasteiger partial charge in [0.2, 0.25) is 0 Å². The summed E-state index contributed by atoms with van der Waals surface area (Å²) < 4.78 is 5.80. The van der Waals surface area contributed by atoms with Gasteiger partial charge >= 0.3 is 0 Å². The minimum Gasteiger partial charge on any atom is -0.481 e. The van der Waals surface area contributed by atoms with Crippen LogP contribution < -0.4 is 10.1 Å². The Hall–Kier alpha value is -2.29. The summed E-state index contributed by atoms with van der Waals surface area (Å²) in [5.41, 5.74) is 3.52. The van der Waals surface area contributed by atoms with Crippen molar-refractivity contribution in [2.75, 3.05) is 0 Å². The van der Waals surface area contributed by atoms with Gasteiger partial charge in [-0.05, 0) is 48.9 Å². The van der Waals surface area contributed by atoms with Crippen molar-refractivity contribution in [2.45, 2.75) is 59.1 Å². The molecule has 1 N–H and O–H groups in total. The second-order valence-electron chi connectivity index (χ2n) is 7.63. The maximum absolute atomic E-state index is 12.4. The van der Waals surface area contributed by atoms with Crippen LogP contribution in [0.5, 0.6) is 5.75 Å². The number of rotatable bonds is 5. The SMILES string of the molecule is Cc1ccccc1OC(C)C(=O)NC(C)c1ccc(C(C)(C)C)cc1. The van der Waals surface area contributed by atoms with E-state index in [1.807, 2.05) is 38.1 Å². The van der Waals surface area contributed by atoms with Crippen LogP contribution in [0, 0.1) is 6.92 Å². The van der Waals surface area contributed by atoms with Crippen molar-refractivity contribution in [3.05, 3.63) is 65.2 Å². The molecule has 0 aliphatic carbocycles. The molecule has 2 rings (SSSR count). The highest BCUT2D eigenvalue weighted by Crippen LogP contribution is 2.24. The molecule has 2 aromatic carbocycles. The molecule has 2 aromatic rings. The largest absolute Gasteiger partial charge is 0.481 e. The number of carbonyl (C=O) groups is 1. The number of hydrogen-bond donors (Lipinski definition) is 1. The maximum atomic E-state index is 12.4. The van der Waals surface area contributed by atoms with E-state index in [1.165, 1.54) is 5.56 Å². The lowest BCUT2D eigenvalue weighted by atomic mass is 9.86. The van der Waals surface area contributed by atoms with E-state index in [0.29, 0.717) is 0 Å². The molecule has 2 unspecified atom stereocenters. The molecule has 2 atom stereocenters. The Bertz CT molecular complexity index is 714. The smallest absolute Gasteiger partial charge is 0.261 e. The third kappa shape index (κ3) is 5.09. The molecule has 3 nitrogen and oxygen atoms in total. The molecule has 0 aromatic heterocycles. The van der Waals surface area contributed by atoms with Crippen LogP contribution in [0.3, 0.4) is 0 Å². The molecule has 0 aliphatic heterocycles. The summed E-state index contributed by atoms with van der Waals surface area (Å²) in [5, 5.41) is 3.03. The van der Waals surface area contributed by atoms with Crippen molar-refractivity contribution in [2.24, 2.45) is 0 Å². The highest BCUT2D eigenvalue weighted by Gasteiger charge is 2.19. The number of nitrogens with one attached hydrogen (secondary N) is 1. The zero-order valence-electron chi connectivity index (χ0n) is 16.1. The first-order chi connectivity index (χ1) is 11.7. The minimum atomic E-state index is -0.544. The lowest BCUT2D eigenvalue weighted by molar-refractivity contribution is -0.127. The zero-order valence-corrected chi connectivity index (χ0v) is 16.1. The average molecular weight is 339 g/mol. The van der Waals surface area contributed by atoms with E-state index in [4.69, 9.17) is 4.74 Å². The van der Waals surface area contributed by atoms with Gasteiger partial charge < -0.3 is 10.1 Å². The summed E-state index contributed by atoms with van der Waals surface area (Å²) in [6.45, 7) is 12.3. The second kappa shape index (κ2) is 7.73. The molecule has 0 radical (unpaired) electrons. The first-order valence-corrected chi connectivity index (χ1v) is 8.81. The van der Waals surface area contributed by atoms with Crippen LogP contribution in [-0.2, 0) is 10.2 Å². The molecular formula is C22H29NO2. The lowest BCUT2D eigenvalue weighted by Gasteiger charge is -2.22. The normalized spacial score (nSPS) is 13.8. The predicted molar refractivity (Wildman–Crippen MR) is 103 cm³/mol. The molecular weight excluding hydrogens is 310 g/mol. The number of aryl methyl sites for hydroxylation is 1. The highest BCUT2D eigenvalue weighted by molar-refractivity contribution is 5.81. The minimum absolute atomic E-state index is 0.0653. The van der Waals surface area contributed by atoms with E-state index in [0.717, 1.165) is 16.9 Å². The first-order valence-electron chi connectivity index (χ1n) is 8.81. The Labute approximate surface area is 151 Å². The fraction of sp³-hybridized carbons (Fsp3) is 0.409. The van der Waals surface area contributed by atoms with Crippen LogP contribution in [0.25, 0.3) is 0 Å². The van der Waals surface area contributed by atoms with Crippen LogP contribution in [-0.4, -0.2) is 12.0 Å². The van der Waals surface area contributed by atoms with Crippen LogP contribution in [0.4, 0.5) is 0 Å². The van der Waals surface area contributed by atoms with Gasteiger partial charge in [-0.2, -0.15) is 0 Å². The highest BCUT2D eigenvalue weighted by atomic mass is 16.5. The summed E-state index contributed by atoms with van der Waals surface area (Å²) in [6.07, 6.45) is -0.544. The Balaban J connectivity index is 1.98. The van der Waals surface area contributed by atoms with Crippen molar-refractivity contribution in [1.29, 1.82) is 0 Å². The number of ether oxygens (including phenoxy) is 1. The fourth-order valence-corrected chi connectivity index (χ4v) is 2.62. The van der Waals surface area contributed by atoms with E-state index < -0.39 is 6.10 Å². The maximum Gasteiger partial charge on any atom is 0.261 e. The van der Waals surface area contributed by atoms with Crippen LogP contribution in [0.15, 0.2) is 48.5 Å². The molecule has 0 spiro atoms. The van der Waals surface area contributed by atoms with Crippen LogP contribution >= 0.6 is 0 Å². The number of hydrogen-bond acceptors (Lipinski definition) is 2. The standard InChI is InChI=1S/C22H29NO2/c1-15-9-7-8-10-20(15)25-17(3)21(24)23-16(2)18-11-13-19(14-12-18)22(4,5)6/h7-14,16-17H,1-6H3,(H,23,24). The van der Waals surface area contributed by atoms with Gasteiger partial charge in [0.25, 0.3) is 5.91 Å². The Kier molecular flexibility index (Phi) is 5.89. The molecule has 0 bridgehead atoms. The second-order valence-corrected chi connectivity index (χ2v) is 7.63. The van der Waals surface area contributed by atoms with Gasteiger partial charge in [0.15, 0.2) is 6.10 Å². The summed E-state index contributed by atoms with van der Waals surface area (Å²) in [5.74, 6) is 0.628.